The summed E-state index contributed by atoms with van der Waals surface area (Å²) in [6.45, 7) is 9.62. The molecule has 5 atom stereocenters. The Morgan fingerprint density at radius 1 is 1.02 bits per heavy atom. The van der Waals surface area contributed by atoms with Crippen molar-refractivity contribution in [3.63, 3.8) is 0 Å². The van der Waals surface area contributed by atoms with Crippen LogP contribution in [0.2, 0.25) is 0 Å². The maximum absolute atomic E-state index is 14.5. The van der Waals surface area contributed by atoms with E-state index in [4.69, 9.17) is 9.47 Å². The van der Waals surface area contributed by atoms with E-state index in [9.17, 15) is 19.5 Å². The first kappa shape index (κ1) is 28.6. The van der Waals surface area contributed by atoms with Crippen LogP contribution >= 0.6 is 0 Å². The molecular weight excluding hydrogens is 522 g/mol. The molecule has 2 aromatic carbocycles. The minimum atomic E-state index is -1.21. The van der Waals surface area contributed by atoms with Crippen molar-refractivity contribution in [2.45, 2.75) is 37.0 Å². The summed E-state index contributed by atoms with van der Waals surface area (Å²) in [7, 11) is 1.57. The van der Waals surface area contributed by atoms with Gasteiger partial charge >= 0.3 is 0 Å². The van der Waals surface area contributed by atoms with E-state index in [0.717, 1.165) is 0 Å². The number of hydrogen-bond acceptors (Lipinski definition) is 6. The Bertz CT molecular complexity index is 1330. The van der Waals surface area contributed by atoms with Crippen LogP contribution in [0.4, 0.5) is 11.4 Å². The monoisotopic (exact) mass is 559 g/mol. The van der Waals surface area contributed by atoms with Gasteiger partial charge in [-0.05, 0) is 56.2 Å². The van der Waals surface area contributed by atoms with E-state index in [-0.39, 0.29) is 44.0 Å². The first-order valence-corrected chi connectivity index (χ1v) is 13.9. The standard InChI is InChI=1S/C32H37N3O6/c1-5-18-33(22-10-8-7-9-11-22)28(37)25-26-29(38)35(20-21-36)27(32(26)17-16-31(25,3)41-32)30(39)34(19-6-2)23-12-14-24(40-4)15-13-23/h5-15,25-27,36H,1-2,16-21H2,3-4H3/t25-,26+,27?,31+,32?/m1/s1. The minimum absolute atomic E-state index is 0.0475. The molecule has 3 fully saturated rings. The average molecular weight is 560 g/mol. The van der Waals surface area contributed by atoms with E-state index in [0.29, 0.717) is 30.0 Å². The molecule has 9 nitrogen and oxygen atoms in total. The second kappa shape index (κ2) is 11.1. The lowest BCUT2D eigenvalue weighted by Gasteiger charge is -2.36. The molecule has 1 N–H and O–H groups in total. The smallest absolute Gasteiger partial charge is 0.253 e. The molecule has 0 aromatic heterocycles. The van der Waals surface area contributed by atoms with Gasteiger partial charge in [-0.15, -0.1) is 13.2 Å². The Balaban J connectivity index is 1.57. The molecular formula is C32H37N3O6. The zero-order chi connectivity index (χ0) is 29.4. The summed E-state index contributed by atoms with van der Waals surface area (Å²) in [5.74, 6) is -1.97. The molecule has 3 aliphatic heterocycles. The molecule has 0 radical (unpaired) electrons. The van der Waals surface area contributed by atoms with Crippen molar-refractivity contribution in [1.29, 1.82) is 0 Å². The average Bonchev–Trinajstić information content (AvgIpc) is 3.55. The lowest BCUT2D eigenvalue weighted by atomic mass is 9.66. The van der Waals surface area contributed by atoms with Crippen LogP contribution < -0.4 is 14.5 Å². The molecule has 2 aromatic rings. The molecule has 0 saturated carbocycles. The molecule has 216 valence electrons. The molecule has 0 aliphatic carbocycles. The highest BCUT2D eigenvalue weighted by atomic mass is 16.5. The first-order chi connectivity index (χ1) is 19.8. The van der Waals surface area contributed by atoms with E-state index in [1.54, 1.807) is 53.3 Å². The highest BCUT2D eigenvalue weighted by Crippen LogP contribution is 2.63. The van der Waals surface area contributed by atoms with E-state index in [1.807, 2.05) is 37.3 Å². The number of fused-ring (bicyclic) bond motifs is 1. The summed E-state index contributed by atoms with van der Waals surface area (Å²) < 4.78 is 12.0. The quantitative estimate of drug-likeness (QED) is 0.425. The number of aliphatic hydroxyl groups is 1. The van der Waals surface area contributed by atoms with Crippen LogP contribution in [0, 0.1) is 11.8 Å². The van der Waals surface area contributed by atoms with Crippen molar-refractivity contribution >= 4 is 29.1 Å². The van der Waals surface area contributed by atoms with Crippen LogP contribution in [0.5, 0.6) is 5.75 Å². The third-order valence-corrected chi connectivity index (χ3v) is 8.72. The van der Waals surface area contributed by atoms with Gasteiger partial charge in [0.1, 0.15) is 17.4 Å². The highest BCUT2D eigenvalue weighted by molar-refractivity contribution is 6.06. The SMILES string of the molecule is C=CCN(C(=O)C1N(CCO)C(=O)[C@@H]2[C@H](C(=O)N(CC=C)c3ccccc3)[C@]3(C)CCC12O3)c1ccc(OC)cc1. The zero-order valence-corrected chi connectivity index (χ0v) is 23.6. The Kier molecular flexibility index (Phi) is 7.76. The number of aliphatic hydroxyl groups excluding tert-OH is 1. The number of carbonyl (C=O) groups excluding carboxylic acids is 3. The summed E-state index contributed by atoms with van der Waals surface area (Å²) in [4.78, 5) is 47.6. The second-order valence-corrected chi connectivity index (χ2v) is 11.0. The number of β-amino-alcohol motifs (C(OH)–C–C–N with tert-alkyl or cyclic N) is 1. The molecule has 3 heterocycles. The predicted molar refractivity (Wildman–Crippen MR) is 156 cm³/mol. The fraction of sp³-hybridized carbons (Fsp3) is 0.406. The normalized spacial score (nSPS) is 27.8. The van der Waals surface area contributed by atoms with Crippen LogP contribution in [-0.2, 0) is 19.1 Å². The second-order valence-electron chi connectivity index (χ2n) is 11.0. The van der Waals surface area contributed by atoms with E-state index < -0.39 is 29.1 Å². The van der Waals surface area contributed by atoms with Crippen LogP contribution in [0.1, 0.15) is 19.8 Å². The van der Waals surface area contributed by atoms with Gasteiger partial charge < -0.3 is 29.3 Å². The Labute approximate surface area is 240 Å². The molecule has 3 saturated heterocycles. The Morgan fingerprint density at radius 3 is 2.22 bits per heavy atom. The van der Waals surface area contributed by atoms with E-state index in [1.165, 1.54) is 4.90 Å². The number of likely N-dealkylation sites (tertiary alicyclic amines) is 1. The van der Waals surface area contributed by atoms with Gasteiger partial charge in [-0.2, -0.15) is 0 Å². The first-order valence-electron chi connectivity index (χ1n) is 13.9. The van der Waals surface area contributed by atoms with Crippen LogP contribution in [0.3, 0.4) is 0 Å². The van der Waals surface area contributed by atoms with Gasteiger partial charge in [-0.1, -0.05) is 30.4 Å². The molecule has 2 bridgehead atoms. The molecule has 3 aliphatic rings. The van der Waals surface area contributed by atoms with Crippen LogP contribution in [-0.4, -0.2) is 78.3 Å². The van der Waals surface area contributed by atoms with Crippen LogP contribution in [0.25, 0.3) is 0 Å². The lowest BCUT2D eigenvalue weighted by molar-refractivity contribution is -0.145. The Hall–Kier alpha value is -3.95. The number of methoxy groups -OCH3 is 1. The van der Waals surface area contributed by atoms with E-state index in [2.05, 4.69) is 13.2 Å². The van der Waals surface area contributed by atoms with Gasteiger partial charge in [-0.25, -0.2) is 0 Å². The van der Waals surface area contributed by atoms with Gasteiger partial charge in [0.25, 0.3) is 5.91 Å². The summed E-state index contributed by atoms with van der Waals surface area (Å²) in [6.07, 6.45) is 4.24. The van der Waals surface area contributed by atoms with Crippen molar-refractivity contribution in [2.75, 3.05) is 43.2 Å². The fourth-order valence-corrected chi connectivity index (χ4v) is 7.02. The van der Waals surface area contributed by atoms with Gasteiger partial charge in [0.05, 0.1) is 31.2 Å². The van der Waals surface area contributed by atoms with Crippen molar-refractivity contribution in [1.82, 2.24) is 4.90 Å². The minimum Gasteiger partial charge on any atom is -0.497 e. The molecule has 41 heavy (non-hydrogen) atoms. The molecule has 1 spiro atoms. The summed E-state index contributed by atoms with van der Waals surface area (Å²) >= 11 is 0. The number of para-hydroxylation sites is 1. The number of hydrogen-bond donors (Lipinski definition) is 1. The predicted octanol–water partition coefficient (Wildman–Crippen LogP) is 3.19. The number of carbonyl (C=O) groups is 3. The van der Waals surface area contributed by atoms with Crippen LogP contribution in [0.15, 0.2) is 79.9 Å². The number of amides is 3. The maximum atomic E-state index is 14.5. The summed E-state index contributed by atoms with van der Waals surface area (Å²) in [5, 5.41) is 9.95. The summed E-state index contributed by atoms with van der Waals surface area (Å²) in [6, 6.07) is 15.3. The number of anilines is 2. The zero-order valence-electron chi connectivity index (χ0n) is 23.6. The van der Waals surface area contributed by atoms with Gasteiger partial charge in [-0.3, -0.25) is 14.4 Å². The largest absolute Gasteiger partial charge is 0.497 e. The van der Waals surface area contributed by atoms with Crippen molar-refractivity contribution in [2.24, 2.45) is 11.8 Å². The number of ether oxygens (including phenoxy) is 2. The Morgan fingerprint density at radius 2 is 1.63 bits per heavy atom. The van der Waals surface area contributed by atoms with Gasteiger partial charge in [0.2, 0.25) is 11.8 Å². The van der Waals surface area contributed by atoms with Gasteiger partial charge in [0, 0.05) is 31.0 Å². The molecule has 5 rings (SSSR count). The lowest BCUT2D eigenvalue weighted by Crippen LogP contribution is -2.57. The third kappa shape index (κ3) is 4.53. The van der Waals surface area contributed by atoms with Crippen molar-refractivity contribution < 1.29 is 29.0 Å². The van der Waals surface area contributed by atoms with Crippen molar-refractivity contribution in [3.05, 3.63) is 79.9 Å². The number of benzene rings is 2. The number of rotatable bonds is 11. The van der Waals surface area contributed by atoms with E-state index >= 15 is 0 Å². The van der Waals surface area contributed by atoms with Crippen molar-refractivity contribution in [3.8, 4) is 5.75 Å². The summed E-state index contributed by atoms with van der Waals surface area (Å²) in [5.41, 5.74) is -0.834. The molecule has 3 amide bonds. The maximum Gasteiger partial charge on any atom is 0.253 e. The molecule has 2 unspecified atom stereocenters. The third-order valence-electron chi connectivity index (χ3n) is 8.72. The topological polar surface area (TPSA) is 99.6 Å². The highest BCUT2D eigenvalue weighted by Gasteiger charge is 2.78. The fourth-order valence-electron chi connectivity index (χ4n) is 7.02. The van der Waals surface area contributed by atoms with Gasteiger partial charge in [0.15, 0.2) is 0 Å². The number of nitrogens with zero attached hydrogens (tertiary/aromatic N) is 3. The molecule has 9 heteroatoms.